The van der Waals surface area contributed by atoms with Crippen LogP contribution in [0.4, 0.5) is 10.5 Å². The van der Waals surface area contributed by atoms with Gasteiger partial charge in [0.05, 0.1) is 18.1 Å². The molecule has 0 spiro atoms. The largest absolute Gasteiger partial charge is 0.379 e. The van der Waals surface area contributed by atoms with E-state index < -0.39 is 10.0 Å². The summed E-state index contributed by atoms with van der Waals surface area (Å²) in [5.74, 6) is 0. The van der Waals surface area contributed by atoms with Crippen LogP contribution in [-0.4, -0.2) is 50.0 Å². The number of carbonyl (C=O) groups excluding carboxylic acids is 1. The number of hydrogen-bond acceptors (Lipinski definition) is 5. The number of pyridine rings is 1. The van der Waals surface area contributed by atoms with Crippen molar-refractivity contribution in [2.24, 2.45) is 0 Å². The van der Waals surface area contributed by atoms with Gasteiger partial charge >= 0.3 is 6.03 Å². The molecule has 0 aliphatic carbocycles. The van der Waals surface area contributed by atoms with Gasteiger partial charge < -0.3 is 15.4 Å². The van der Waals surface area contributed by atoms with Crippen molar-refractivity contribution in [3.05, 3.63) is 54.4 Å². The third-order valence-electron chi connectivity index (χ3n) is 3.92. The topological polar surface area (TPSA) is 101 Å². The average molecular weight is 376 g/mol. The average Bonchev–Trinajstić information content (AvgIpc) is 2.68. The first kappa shape index (κ1) is 18.3. The van der Waals surface area contributed by atoms with Crippen molar-refractivity contribution in [1.29, 1.82) is 0 Å². The molecule has 1 aromatic carbocycles. The molecule has 3 rings (SSSR count). The number of carbonyl (C=O) groups is 1. The summed E-state index contributed by atoms with van der Waals surface area (Å²) >= 11 is 0. The molecule has 8 nitrogen and oxygen atoms in total. The fraction of sp³-hybridized carbons (Fsp3) is 0.294. The SMILES string of the molecule is O=C(NCc1ccncc1)Nc1ccc(S(=O)(=O)N2CCOCC2)cc1. The van der Waals surface area contributed by atoms with Gasteiger partial charge in [0.1, 0.15) is 0 Å². The van der Waals surface area contributed by atoms with Gasteiger partial charge in [-0.05, 0) is 42.0 Å². The molecular weight excluding hydrogens is 356 g/mol. The summed E-state index contributed by atoms with van der Waals surface area (Å²) in [6.45, 7) is 1.87. The number of benzene rings is 1. The standard InChI is InChI=1S/C17H20N4O4S/c22-17(19-13-14-5-7-18-8-6-14)20-15-1-3-16(4-2-15)26(23,24)21-9-11-25-12-10-21/h1-8H,9-13H2,(H2,19,20,22). The smallest absolute Gasteiger partial charge is 0.319 e. The van der Waals surface area contributed by atoms with Crippen LogP contribution in [0.25, 0.3) is 0 Å². The van der Waals surface area contributed by atoms with Gasteiger partial charge in [-0.1, -0.05) is 0 Å². The van der Waals surface area contributed by atoms with E-state index in [0.717, 1.165) is 5.56 Å². The zero-order valence-electron chi connectivity index (χ0n) is 14.1. The van der Waals surface area contributed by atoms with Crippen molar-refractivity contribution in [2.45, 2.75) is 11.4 Å². The quantitative estimate of drug-likeness (QED) is 0.822. The molecule has 0 saturated carbocycles. The van der Waals surface area contributed by atoms with Crippen LogP contribution in [0.2, 0.25) is 0 Å². The summed E-state index contributed by atoms with van der Waals surface area (Å²) in [7, 11) is -3.53. The summed E-state index contributed by atoms with van der Waals surface area (Å²) in [6, 6.07) is 9.37. The van der Waals surface area contributed by atoms with Crippen molar-refractivity contribution >= 4 is 21.7 Å². The number of sulfonamides is 1. The molecule has 1 saturated heterocycles. The normalized spacial score (nSPS) is 15.4. The van der Waals surface area contributed by atoms with Crippen LogP contribution in [0.1, 0.15) is 5.56 Å². The van der Waals surface area contributed by atoms with Crippen molar-refractivity contribution in [1.82, 2.24) is 14.6 Å². The van der Waals surface area contributed by atoms with Crippen molar-refractivity contribution < 1.29 is 17.9 Å². The lowest BCUT2D eigenvalue weighted by atomic mass is 10.3. The Hall–Kier alpha value is -2.49. The van der Waals surface area contributed by atoms with E-state index in [4.69, 9.17) is 4.74 Å². The van der Waals surface area contributed by atoms with Crippen LogP contribution >= 0.6 is 0 Å². The minimum atomic E-state index is -3.53. The number of hydrogen-bond donors (Lipinski definition) is 2. The Kier molecular flexibility index (Phi) is 5.82. The van der Waals surface area contributed by atoms with E-state index in [1.165, 1.54) is 16.4 Å². The number of aromatic nitrogens is 1. The zero-order valence-corrected chi connectivity index (χ0v) is 14.9. The van der Waals surface area contributed by atoms with Crippen LogP contribution in [0.5, 0.6) is 0 Å². The molecule has 0 unspecified atom stereocenters. The third kappa shape index (κ3) is 4.57. The maximum Gasteiger partial charge on any atom is 0.319 e. The van der Waals surface area contributed by atoms with Crippen molar-refractivity contribution in [3.8, 4) is 0 Å². The van der Waals surface area contributed by atoms with Gasteiger partial charge in [0.25, 0.3) is 0 Å². The molecule has 1 aromatic heterocycles. The van der Waals surface area contributed by atoms with Crippen LogP contribution in [-0.2, 0) is 21.3 Å². The highest BCUT2D eigenvalue weighted by molar-refractivity contribution is 7.89. The van der Waals surface area contributed by atoms with E-state index in [-0.39, 0.29) is 10.9 Å². The van der Waals surface area contributed by atoms with Gasteiger partial charge in [-0.2, -0.15) is 4.31 Å². The first-order valence-corrected chi connectivity index (χ1v) is 9.61. The Morgan fingerprint density at radius 2 is 1.73 bits per heavy atom. The number of rotatable bonds is 5. The summed E-state index contributed by atoms with van der Waals surface area (Å²) in [5.41, 5.74) is 1.44. The van der Waals surface area contributed by atoms with Crippen LogP contribution in [0.3, 0.4) is 0 Å². The fourth-order valence-electron chi connectivity index (χ4n) is 2.50. The Morgan fingerprint density at radius 3 is 2.38 bits per heavy atom. The van der Waals surface area contributed by atoms with Gasteiger partial charge in [0.15, 0.2) is 0 Å². The Morgan fingerprint density at radius 1 is 1.08 bits per heavy atom. The number of morpholine rings is 1. The van der Waals surface area contributed by atoms with E-state index in [0.29, 0.717) is 38.5 Å². The number of urea groups is 1. The second kappa shape index (κ2) is 8.26. The number of nitrogens with zero attached hydrogens (tertiary/aromatic N) is 2. The van der Waals surface area contributed by atoms with E-state index in [2.05, 4.69) is 15.6 Å². The minimum Gasteiger partial charge on any atom is -0.379 e. The molecule has 1 aliphatic heterocycles. The molecule has 0 atom stereocenters. The van der Waals surface area contributed by atoms with Gasteiger partial charge in [0, 0.05) is 37.7 Å². The summed E-state index contributed by atoms with van der Waals surface area (Å²) in [6.07, 6.45) is 3.31. The highest BCUT2D eigenvalue weighted by atomic mass is 32.2. The molecular formula is C17H20N4O4S. The van der Waals surface area contributed by atoms with Crippen LogP contribution in [0, 0.1) is 0 Å². The van der Waals surface area contributed by atoms with E-state index >= 15 is 0 Å². The van der Waals surface area contributed by atoms with Gasteiger partial charge in [-0.25, -0.2) is 13.2 Å². The molecule has 138 valence electrons. The van der Waals surface area contributed by atoms with Gasteiger partial charge in [0.2, 0.25) is 10.0 Å². The molecule has 1 fully saturated rings. The van der Waals surface area contributed by atoms with Gasteiger partial charge in [-0.3, -0.25) is 4.98 Å². The number of nitrogens with one attached hydrogen (secondary N) is 2. The molecule has 2 heterocycles. The highest BCUT2D eigenvalue weighted by Gasteiger charge is 2.26. The predicted molar refractivity (Wildman–Crippen MR) is 96.1 cm³/mol. The lowest BCUT2D eigenvalue weighted by Gasteiger charge is -2.26. The molecule has 9 heteroatoms. The molecule has 2 N–H and O–H groups in total. The molecule has 0 radical (unpaired) electrons. The summed E-state index contributed by atoms with van der Waals surface area (Å²) in [5, 5.41) is 5.40. The first-order valence-electron chi connectivity index (χ1n) is 8.17. The van der Waals surface area contributed by atoms with Crippen LogP contribution in [0.15, 0.2) is 53.7 Å². The Labute approximate surface area is 152 Å². The summed E-state index contributed by atoms with van der Waals surface area (Å²) < 4.78 is 31.7. The number of ether oxygens (including phenoxy) is 1. The highest BCUT2D eigenvalue weighted by Crippen LogP contribution is 2.19. The molecule has 26 heavy (non-hydrogen) atoms. The molecule has 2 amide bonds. The summed E-state index contributed by atoms with van der Waals surface area (Å²) in [4.78, 5) is 16.0. The number of anilines is 1. The lowest BCUT2D eigenvalue weighted by molar-refractivity contribution is 0.0730. The second-order valence-corrected chi connectivity index (χ2v) is 7.64. The molecule has 2 aromatic rings. The lowest BCUT2D eigenvalue weighted by Crippen LogP contribution is -2.40. The molecule has 0 bridgehead atoms. The fourth-order valence-corrected chi connectivity index (χ4v) is 3.91. The maximum absolute atomic E-state index is 12.5. The zero-order chi connectivity index (χ0) is 18.4. The first-order chi connectivity index (χ1) is 12.6. The second-order valence-electron chi connectivity index (χ2n) is 5.70. The molecule has 1 aliphatic rings. The van der Waals surface area contributed by atoms with E-state index in [1.54, 1.807) is 24.5 Å². The Balaban J connectivity index is 1.58. The monoisotopic (exact) mass is 376 g/mol. The number of amides is 2. The third-order valence-corrected chi connectivity index (χ3v) is 5.84. The van der Waals surface area contributed by atoms with E-state index in [9.17, 15) is 13.2 Å². The Bertz CT molecular complexity index is 835. The maximum atomic E-state index is 12.5. The predicted octanol–water partition coefficient (Wildman–Crippen LogP) is 1.42. The van der Waals surface area contributed by atoms with E-state index in [1.807, 2.05) is 12.1 Å². The van der Waals surface area contributed by atoms with Gasteiger partial charge in [-0.15, -0.1) is 0 Å². The van der Waals surface area contributed by atoms with Crippen LogP contribution < -0.4 is 10.6 Å². The van der Waals surface area contributed by atoms with Crippen molar-refractivity contribution in [2.75, 3.05) is 31.6 Å². The van der Waals surface area contributed by atoms with Crippen molar-refractivity contribution in [3.63, 3.8) is 0 Å². The minimum absolute atomic E-state index is 0.196.